The molecule has 1 amide bonds. The number of carbonyl (C=O) groups excluding carboxylic acids is 1. The van der Waals surface area contributed by atoms with Gasteiger partial charge in [-0.3, -0.25) is 4.79 Å². The summed E-state index contributed by atoms with van der Waals surface area (Å²) in [4.78, 5) is 12.8. The molecule has 0 unspecified atom stereocenters. The standard InChI is InChI=1S/C21H17FN4O/c1-15-13-20(26(24-15)18-9-7-17(22)8-10-18)23-21(27)16-5-4-6-19(14-16)25-11-2-3-12-25/h2-14H,1H3,(H,23,27). The molecule has 0 aliphatic heterocycles. The molecule has 0 bridgehead atoms. The first-order valence-electron chi connectivity index (χ1n) is 8.47. The summed E-state index contributed by atoms with van der Waals surface area (Å²) in [5.41, 5.74) is 2.85. The molecule has 4 aromatic rings. The minimum absolute atomic E-state index is 0.243. The van der Waals surface area contributed by atoms with E-state index in [0.717, 1.165) is 11.4 Å². The topological polar surface area (TPSA) is 51.9 Å². The van der Waals surface area contributed by atoms with Crippen LogP contribution in [0.2, 0.25) is 0 Å². The van der Waals surface area contributed by atoms with E-state index in [2.05, 4.69) is 10.4 Å². The van der Waals surface area contributed by atoms with Gasteiger partial charge in [0, 0.05) is 29.7 Å². The number of nitrogens with one attached hydrogen (secondary N) is 1. The lowest BCUT2D eigenvalue weighted by Crippen LogP contribution is -2.15. The highest BCUT2D eigenvalue weighted by Crippen LogP contribution is 2.19. The molecule has 2 aromatic heterocycles. The number of rotatable bonds is 4. The molecule has 0 aliphatic carbocycles. The van der Waals surface area contributed by atoms with Gasteiger partial charge < -0.3 is 9.88 Å². The molecular weight excluding hydrogens is 343 g/mol. The van der Waals surface area contributed by atoms with E-state index < -0.39 is 0 Å². The minimum Gasteiger partial charge on any atom is -0.324 e. The quantitative estimate of drug-likeness (QED) is 0.588. The molecule has 4 rings (SSSR count). The van der Waals surface area contributed by atoms with Crippen molar-refractivity contribution in [2.45, 2.75) is 6.92 Å². The van der Waals surface area contributed by atoms with Crippen LogP contribution in [0.25, 0.3) is 11.4 Å². The van der Waals surface area contributed by atoms with Gasteiger partial charge in [0.25, 0.3) is 5.91 Å². The fraction of sp³-hybridized carbons (Fsp3) is 0.0476. The van der Waals surface area contributed by atoms with E-state index in [4.69, 9.17) is 0 Å². The molecule has 0 spiro atoms. The summed E-state index contributed by atoms with van der Waals surface area (Å²) in [6.45, 7) is 1.84. The van der Waals surface area contributed by atoms with Crippen molar-refractivity contribution in [1.29, 1.82) is 0 Å². The second-order valence-corrected chi connectivity index (χ2v) is 6.15. The molecule has 27 heavy (non-hydrogen) atoms. The molecule has 0 aliphatic rings. The van der Waals surface area contributed by atoms with Crippen molar-refractivity contribution in [3.05, 3.63) is 96.2 Å². The molecule has 0 fully saturated rings. The summed E-state index contributed by atoms with van der Waals surface area (Å²) in [7, 11) is 0. The highest BCUT2D eigenvalue weighted by Gasteiger charge is 2.13. The Morgan fingerprint density at radius 3 is 2.44 bits per heavy atom. The van der Waals surface area contributed by atoms with E-state index in [1.54, 1.807) is 28.9 Å². The van der Waals surface area contributed by atoms with Gasteiger partial charge in [0.2, 0.25) is 0 Å². The summed E-state index contributed by atoms with van der Waals surface area (Å²) in [5, 5.41) is 7.28. The van der Waals surface area contributed by atoms with Crippen LogP contribution in [0, 0.1) is 12.7 Å². The number of aromatic nitrogens is 3. The van der Waals surface area contributed by atoms with E-state index in [1.165, 1.54) is 12.1 Å². The van der Waals surface area contributed by atoms with Crippen molar-refractivity contribution in [3.63, 3.8) is 0 Å². The molecule has 6 heteroatoms. The van der Waals surface area contributed by atoms with Gasteiger partial charge in [-0.1, -0.05) is 6.07 Å². The Kier molecular flexibility index (Phi) is 4.30. The van der Waals surface area contributed by atoms with Gasteiger partial charge in [-0.2, -0.15) is 5.10 Å². The monoisotopic (exact) mass is 360 g/mol. The smallest absolute Gasteiger partial charge is 0.256 e. The lowest BCUT2D eigenvalue weighted by atomic mass is 10.2. The van der Waals surface area contributed by atoms with E-state index in [9.17, 15) is 9.18 Å². The third kappa shape index (κ3) is 3.50. The van der Waals surface area contributed by atoms with Crippen LogP contribution in [0.15, 0.2) is 79.1 Å². The van der Waals surface area contributed by atoms with Crippen molar-refractivity contribution in [3.8, 4) is 11.4 Å². The van der Waals surface area contributed by atoms with E-state index in [-0.39, 0.29) is 11.7 Å². The zero-order valence-corrected chi connectivity index (χ0v) is 14.6. The SMILES string of the molecule is Cc1cc(NC(=O)c2cccc(-n3cccc3)c2)n(-c2ccc(F)cc2)n1. The number of amides is 1. The number of benzene rings is 2. The Morgan fingerprint density at radius 2 is 1.70 bits per heavy atom. The largest absolute Gasteiger partial charge is 0.324 e. The minimum atomic E-state index is -0.324. The maximum absolute atomic E-state index is 13.2. The van der Waals surface area contributed by atoms with Crippen LogP contribution in [0.1, 0.15) is 16.1 Å². The number of hydrogen-bond donors (Lipinski definition) is 1. The van der Waals surface area contributed by atoms with Gasteiger partial charge >= 0.3 is 0 Å². The third-order valence-corrected chi connectivity index (χ3v) is 4.16. The maximum atomic E-state index is 13.2. The van der Waals surface area contributed by atoms with Gasteiger partial charge in [-0.05, 0) is 61.5 Å². The molecule has 134 valence electrons. The Labute approximate surface area is 155 Å². The highest BCUT2D eigenvalue weighted by molar-refractivity contribution is 6.04. The maximum Gasteiger partial charge on any atom is 0.256 e. The normalized spacial score (nSPS) is 10.7. The van der Waals surface area contributed by atoms with Gasteiger partial charge in [0.05, 0.1) is 11.4 Å². The molecule has 1 N–H and O–H groups in total. The van der Waals surface area contributed by atoms with Gasteiger partial charge in [-0.15, -0.1) is 0 Å². The Hall–Kier alpha value is -3.67. The fourth-order valence-electron chi connectivity index (χ4n) is 2.87. The molecule has 0 radical (unpaired) electrons. The first kappa shape index (κ1) is 16.8. The first-order chi connectivity index (χ1) is 13.1. The summed E-state index contributed by atoms with van der Waals surface area (Å²) in [5.74, 6) is -0.0437. The van der Waals surface area contributed by atoms with Crippen molar-refractivity contribution in [1.82, 2.24) is 14.3 Å². The molecule has 2 aromatic carbocycles. The van der Waals surface area contributed by atoms with Crippen molar-refractivity contribution >= 4 is 11.7 Å². The average molecular weight is 360 g/mol. The molecule has 0 saturated heterocycles. The number of halogens is 1. The van der Waals surface area contributed by atoms with Crippen LogP contribution < -0.4 is 5.32 Å². The Bertz CT molecular complexity index is 1080. The average Bonchev–Trinajstić information content (AvgIpc) is 3.33. The third-order valence-electron chi connectivity index (χ3n) is 4.16. The van der Waals surface area contributed by atoms with Crippen LogP contribution >= 0.6 is 0 Å². The predicted octanol–water partition coefficient (Wildman–Crippen LogP) is 4.36. The van der Waals surface area contributed by atoms with Gasteiger partial charge in [0.1, 0.15) is 11.6 Å². The zero-order valence-electron chi connectivity index (χ0n) is 14.6. The van der Waals surface area contributed by atoms with Crippen molar-refractivity contribution in [2.24, 2.45) is 0 Å². The number of hydrogen-bond acceptors (Lipinski definition) is 2. The van der Waals surface area contributed by atoms with E-state index in [1.807, 2.05) is 54.2 Å². The summed E-state index contributed by atoms with van der Waals surface area (Å²) in [6.07, 6.45) is 3.84. The van der Waals surface area contributed by atoms with Gasteiger partial charge in [-0.25, -0.2) is 9.07 Å². The second-order valence-electron chi connectivity index (χ2n) is 6.15. The molecule has 5 nitrogen and oxygen atoms in total. The van der Waals surface area contributed by atoms with Crippen LogP contribution in [-0.2, 0) is 0 Å². The fourth-order valence-corrected chi connectivity index (χ4v) is 2.87. The second kappa shape index (κ2) is 6.92. The number of nitrogens with zero attached hydrogens (tertiary/aromatic N) is 3. The molecule has 0 saturated carbocycles. The molecule has 0 atom stereocenters. The molecular formula is C21H17FN4O. The molecule has 2 heterocycles. The predicted molar refractivity (Wildman–Crippen MR) is 102 cm³/mol. The van der Waals surface area contributed by atoms with Crippen LogP contribution in [0.5, 0.6) is 0 Å². The lowest BCUT2D eigenvalue weighted by molar-refractivity contribution is 0.102. The van der Waals surface area contributed by atoms with E-state index in [0.29, 0.717) is 17.1 Å². The number of anilines is 1. The number of aryl methyl sites for hydroxylation is 1. The van der Waals surface area contributed by atoms with E-state index >= 15 is 0 Å². The Morgan fingerprint density at radius 1 is 0.963 bits per heavy atom. The van der Waals surface area contributed by atoms with Crippen LogP contribution in [0.3, 0.4) is 0 Å². The highest BCUT2D eigenvalue weighted by atomic mass is 19.1. The van der Waals surface area contributed by atoms with Gasteiger partial charge in [0.15, 0.2) is 0 Å². The van der Waals surface area contributed by atoms with Crippen molar-refractivity contribution in [2.75, 3.05) is 5.32 Å². The summed E-state index contributed by atoms with van der Waals surface area (Å²) < 4.78 is 16.7. The first-order valence-corrected chi connectivity index (χ1v) is 8.47. The summed E-state index contributed by atoms with van der Waals surface area (Å²) in [6, 6.07) is 18.9. The number of carbonyl (C=O) groups is 1. The lowest BCUT2D eigenvalue weighted by Gasteiger charge is -2.10. The Balaban J connectivity index is 1.62. The zero-order chi connectivity index (χ0) is 18.8. The summed E-state index contributed by atoms with van der Waals surface area (Å²) >= 11 is 0. The van der Waals surface area contributed by atoms with Crippen LogP contribution in [-0.4, -0.2) is 20.3 Å². The van der Waals surface area contributed by atoms with Crippen molar-refractivity contribution < 1.29 is 9.18 Å². The van der Waals surface area contributed by atoms with Crippen LogP contribution in [0.4, 0.5) is 10.2 Å².